The van der Waals surface area contributed by atoms with Gasteiger partial charge in [0.1, 0.15) is 0 Å². The van der Waals surface area contributed by atoms with Gasteiger partial charge >= 0.3 is 0 Å². The van der Waals surface area contributed by atoms with E-state index in [1.807, 2.05) is 37.6 Å². The maximum atomic E-state index is 12.7. The Bertz CT molecular complexity index is 975. The molecule has 0 atom stereocenters. The van der Waals surface area contributed by atoms with Crippen LogP contribution in [0.1, 0.15) is 44.5 Å². The van der Waals surface area contributed by atoms with Crippen molar-refractivity contribution in [1.82, 2.24) is 30.0 Å². The summed E-state index contributed by atoms with van der Waals surface area (Å²) in [7, 11) is 1.87. The molecule has 0 spiro atoms. The van der Waals surface area contributed by atoms with Gasteiger partial charge in [-0.05, 0) is 57.3 Å². The van der Waals surface area contributed by atoms with E-state index < -0.39 is 0 Å². The van der Waals surface area contributed by atoms with Crippen LogP contribution in [-0.2, 0) is 26.6 Å². The van der Waals surface area contributed by atoms with Crippen molar-refractivity contribution in [2.75, 3.05) is 13.1 Å². The van der Waals surface area contributed by atoms with E-state index in [0.717, 1.165) is 55.3 Å². The van der Waals surface area contributed by atoms with Crippen molar-refractivity contribution in [3.8, 4) is 0 Å². The summed E-state index contributed by atoms with van der Waals surface area (Å²) in [6.07, 6.45) is 8.66. The molecule has 1 amide bonds. The monoisotopic (exact) mass is 424 g/mol. The standard InChI is InChI=1S/C22H28N6OS/c1-16-24-13-19(30-16)14-28-9-6-17(7-10-28)11-21-20(15-27(2)26-21)22(29)25-12-18-5-3-4-8-23-18/h3-5,8,13,15,17H,6-7,9-12,14H2,1-2H3,(H,25,29). The first-order valence-corrected chi connectivity index (χ1v) is 11.2. The van der Waals surface area contributed by atoms with E-state index in [4.69, 9.17) is 0 Å². The van der Waals surface area contributed by atoms with Gasteiger partial charge < -0.3 is 5.32 Å². The van der Waals surface area contributed by atoms with Gasteiger partial charge in [0.2, 0.25) is 0 Å². The summed E-state index contributed by atoms with van der Waals surface area (Å²) in [5.41, 5.74) is 2.42. The second-order valence-corrected chi connectivity index (χ2v) is 9.26. The fourth-order valence-corrected chi connectivity index (χ4v) is 4.80. The third-order valence-corrected chi connectivity index (χ3v) is 6.44. The van der Waals surface area contributed by atoms with E-state index in [0.29, 0.717) is 18.0 Å². The molecule has 1 N–H and O–H groups in total. The molecule has 1 aliphatic rings. The lowest BCUT2D eigenvalue weighted by molar-refractivity contribution is 0.0948. The molecule has 0 aromatic carbocycles. The first-order valence-electron chi connectivity index (χ1n) is 10.4. The predicted octanol–water partition coefficient (Wildman–Crippen LogP) is 2.96. The van der Waals surface area contributed by atoms with E-state index in [1.54, 1.807) is 22.2 Å². The highest BCUT2D eigenvalue weighted by Crippen LogP contribution is 2.25. The second-order valence-electron chi connectivity index (χ2n) is 7.94. The van der Waals surface area contributed by atoms with Gasteiger partial charge in [0.05, 0.1) is 28.5 Å². The average molecular weight is 425 g/mol. The Kier molecular flexibility index (Phi) is 6.54. The van der Waals surface area contributed by atoms with Crippen LogP contribution in [0.3, 0.4) is 0 Å². The van der Waals surface area contributed by atoms with Crippen LogP contribution in [0.5, 0.6) is 0 Å². The Hall–Kier alpha value is -2.58. The van der Waals surface area contributed by atoms with Gasteiger partial charge in [-0.3, -0.25) is 19.4 Å². The maximum Gasteiger partial charge on any atom is 0.255 e. The zero-order chi connectivity index (χ0) is 20.9. The highest BCUT2D eigenvalue weighted by atomic mass is 32.1. The molecule has 4 heterocycles. The number of nitrogens with one attached hydrogen (secondary N) is 1. The fraction of sp³-hybridized carbons (Fsp3) is 0.455. The van der Waals surface area contributed by atoms with Gasteiger partial charge in [-0.15, -0.1) is 11.3 Å². The van der Waals surface area contributed by atoms with Crippen LogP contribution in [-0.4, -0.2) is 43.6 Å². The molecule has 3 aromatic heterocycles. The fourth-order valence-electron chi connectivity index (χ4n) is 3.96. The van der Waals surface area contributed by atoms with Gasteiger partial charge in [0.25, 0.3) is 5.91 Å². The number of amides is 1. The molecule has 7 nitrogen and oxygen atoms in total. The molecule has 0 aliphatic carbocycles. The number of carbonyl (C=O) groups excluding carboxylic acids is 1. The van der Waals surface area contributed by atoms with E-state index >= 15 is 0 Å². The number of likely N-dealkylation sites (tertiary alicyclic amines) is 1. The number of thiazole rings is 1. The molecule has 158 valence electrons. The Morgan fingerprint density at radius 2 is 2.10 bits per heavy atom. The average Bonchev–Trinajstić information content (AvgIpc) is 3.33. The summed E-state index contributed by atoms with van der Waals surface area (Å²) in [5, 5.41) is 8.69. The summed E-state index contributed by atoms with van der Waals surface area (Å²) in [4.78, 5) is 25.2. The zero-order valence-corrected chi connectivity index (χ0v) is 18.4. The van der Waals surface area contributed by atoms with Gasteiger partial charge in [-0.25, -0.2) is 4.98 Å². The first kappa shape index (κ1) is 20.7. The number of pyridine rings is 1. The normalized spacial score (nSPS) is 15.4. The summed E-state index contributed by atoms with van der Waals surface area (Å²) >= 11 is 1.78. The Morgan fingerprint density at radius 3 is 2.80 bits per heavy atom. The van der Waals surface area contributed by atoms with E-state index in [-0.39, 0.29) is 5.91 Å². The lowest BCUT2D eigenvalue weighted by Gasteiger charge is -2.31. The van der Waals surface area contributed by atoms with Crippen LogP contribution in [0.25, 0.3) is 0 Å². The summed E-state index contributed by atoms with van der Waals surface area (Å²) in [6.45, 7) is 5.62. The number of nitrogens with zero attached hydrogens (tertiary/aromatic N) is 5. The highest BCUT2D eigenvalue weighted by molar-refractivity contribution is 7.11. The van der Waals surface area contributed by atoms with Crippen molar-refractivity contribution in [1.29, 1.82) is 0 Å². The Balaban J connectivity index is 1.31. The largest absolute Gasteiger partial charge is 0.346 e. The van der Waals surface area contributed by atoms with Crippen molar-refractivity contribution in [2.45, 2.75) is 39.3 Å². The molecule has 1 fully saturated rings. The topological polar surface area (TPSA) is 75.9 Å². The van der Waals surface area contributed by atoms with Crippen molar-refractivity contribution in [3.05, 3.63) is 63.6 Å². The minimum absolute atomic E-state index is 0.0817. The maximum absolute atomic E-state index is 12.7. The van der Waals surface area contributed by atoms with Crippen LogP contribution in [0.4, 0.5) is 0 Å². The lowest BCUT2D eigenvalue weighted by Crippen LogP contribution is -2.34. The SMILES string of the molecule is Cc1ncc(CN2CCC(Cc3nn(C)cc3C(=O)NCc3ccccn3)CC2)s1. The van der Waals surface area contributed by atoms with Crippen LogP contribution in [0.2, 0.25) is 0 Å². The molecule has 30 heavy (non-hydrogen) atoms. The number of aromatic nitrogens is 4. The summed E-state index contributed by atoms with van der Waals surface area (Å²) in [6, 6.07) is 5.70. The minimum atomic E-state index is -0.0817. The minimum Gasteiger partial charge on any atom is -0.346 e. The van der Waals surface area contributed by atoms with Gasteiger partial charge in [0.15, 0.2) is 0 Å². The zero-order valence-electron chi connectivity index (χ0n) is 17.5. The number of hydrogen-bond acceptors (Lipinski definition) is 6. The number of piperidine rings is 1. The van der Waals surface area contributed by atoms with Crippen LogP contribution in [0.15, 0.2) is 36.8 Å². The number of hydrogen-bond donors (Lipinski definition) is 1. The Labute approximate surface area is 181 Å². The first-order chi connectivity index (χ1) is 14.6. The Morgan fingerprint density at radius 1 is 1.27 bits per heavy atom. The van der Waals surface area contributed by atoms with E-state index in [1.165, 1.54) is 4.88 Å². The molecule has 0 unspecified atom stereocenters. The lowest BCUT2D eigenvalue weighted by atomic mass is 9.91. The summed E-state index contributed by atoms with van der Waals surface area (Å²) < 4.78 is 1.74. The third-order valence-electron chi connectivity index (χ3n) is 5.54. The molecule has 4 rings (SSSR count). The molecule has 0 radical (unpaired) electrons. The third kappa shape index (κ3) is 5.31. The predicted molar refractivity (Wildman–Crippen MR) is 117 cm³/mol. The number of carbonyl (C=O) groups is 1. The van der Waals surface area contributed by atoms with E-state index in [2.05, 4.69) is 32.2 Å². The molecular weight excluding hydrogens is 396 g/mol. The molecule has 0 bridgehead atoms. The van der Waals surface area contributed by atoms with Crippen LogP contribution >= 0.6 is 11.3 Å². The molecule has 8 heteroatoms. The van der Waals surface area contributed by atoms with Crippen LogP contribution in [0, 0.1) is 12.8 Å². The summed E-state index contributed by atoms with van der Waals surface area (Å²) in [5.74, 6) is 0.475. The number of aryl methyl sites for hydroxylation is 2. The number of rotatable bonds is 7. The molecule has 0 saturated carbocycles. The van der Waals surface area contributed by atoms with Crippen LogP contribution < -0.4 is 5.32 Å². The molecule has 3 aromatic rings. The molecular formula is C22H28N6OS. The van der Waals surface area contributed by atoms with Crippen molar-refractivity contribution in [3.63, 3.8) is 0 Å². The van der Waals surface area contributed by atoms with E-state index in [9.17, 15) is 4.79 Å². The van der Waals surface area contributed by atoms with Crippen molar-refractivity contribution >= 4 is 17.2 Å². The van der Waals surface area contributed by atoms with Gasteiger partial charge in [-0.1, -0.05) is 6.07 Å². The second kappa shape index (κ2) is 9.49. The van der Waals surface area contributed by atoms with Crippen molar-refractivity contribution < 1.29 is 4.79 Å². The van der Waals surface area contributed by atoms with Gasteiger partial charge in [-0.2, -0.15) is 5.10 Å². The van der Waals surface area contributed by atoms with Crippen molar-refractivity contribution in [2.24, 2.45) is 13.0 Å². The quantitative estimate of drug-likeness (QED) is 0.631. The molecule has 1 aliphatic heterocycles. The highest BCUT2D eigenvalue weighted by Gasteiger charge is 2.24. The van der Waals surface area contributed by atoms with Gasteiger partial charge in [0, 0.05) is 37.1 Å². The molecule has 1 saturated heterocycles. The smallest absolute Gasteiger partial charge is 0.255 e.